The number of carbonyl (C=O) groups is 1. The maximum atomic E-state index is 12.0. The van der Waals surface area contributed by atoms with Gasteiger partial charge < -0.3 is 10.4 Å². The van der Waals surface area contributed by atoms with Crippen LogP contribution < -0.4 is 5.32 Å². The first kappa shape index (κ1) is 16.5. The molecule has 3 aromatic rings. The molecule has 0 aliphatic carbocycles. The molecule has 1 heterocycles. The lowest BCUT2D eigenvalue weighted by Gasteiger charge is -2.12. The van der Waals surface area contributed by atoms with Crippen LogP contribution in [0, 0.1) is 0 Å². The molecule has 0 radical (unpaired) electrons. The van der Waals surface area contributed by atoms with Crippen molar-refractivity contribution in [3.05, 3.63) is 65.3 Å². The standard InChI is InChI=1S/C18H18ClN3O2/c19-15-7-4-8-16-14(15)11-21-22(16)10-9-18(24)20-12-17(23)13-5-2-1-3-6-13/h1-8,11,17,23H,9-10,12H2,(H,20,24). The molecular formula is C18H18ClN3O2. The molecule has 0 saturated heterocycles. The highest BCUT2D eigenvalue weighted by atomic mass is 35.5. The van der Waals surface area contributed by atoms with Crippen LogP contribution in [0.1, 0.15) is 18.1 Å². The van der Waals surface area contributed by atoms with Crippen molar-refractivity contribution in [1.29, 1.82) is 0 Å². The molecular weight excluding hydrogens is 326 g/mol. The number of halogens is 1. The van der Waals surface area contributed by atoms with E-state index in [-0.39, 0.29) is 18.9 Å². The smallest absolute Gasteiger partial charge is 0.221 e. The normalized spacial score (nSPS) is 12.2. The molecule has 2 aromatic carbocycles. The average molecular weight is 344 g/mol. The van der Waals surface area contributed by atoms with Crippen molar-refractivity contribution in [3.63, 3.8) is 0 Å². The molecule has 0 spiro atoms. The van der Waals surface area contributed by atoms with Crippen molar-refractivity contribution in [3.8, 4) is 0 Å². The van der Waals surface area contributed by atoms with E-state index in [1.54, 1.807) is 10.9 Å². The summed E-state index contributed by atoms with van der Waals surface area (Å²) in [5.41, 5.74) is 1.69. The van der Waals surface area contributed by atoms with Crippen LogP contribution in [-0.4, -0.2) is 27.3 Å². The van der Waals surface area contributed by atoms with Crippen LogP contribution in [0.3, 0.4) is 0 Å². The second-order valence-corrected chi connectivity index (χ2v) is 5.93. The van der Waals surface area contributed by atoms with Crippen LogP contribution >= 0.6 is 11.6 Å². The number of fused-ring (bicyclic) bond motifs is 1. The van der Waals surface area contributed by atoms with Crippen molar-refractivity contribution in [2.24, 2.45) is 0 Å². The van der Waals surface area contributed by atoms with E-state index in [1.165, 1.54) is 0 Å². The fraction of sp³-hybridized carbons (Fsp3) is 0.222. The fourth-order valence-corrected chi connectivity index (χ4v) is 2.76. The maximum absolute atomic E-state index is 12.0. The highest BCUT2D eigenvalue weighted by Crippen LogP contribution is 2.22. The number of hydrogen-bond donors (Lipinski definition) is 2. The minimum atomic E-state index is -0.709. The molecule has 0 aliphatic rings. The molecule has 1 amide bonds. The van der Waals surface area contributed by atoms with Gasteiger partial charge >= 0.3 is 0 Å². The number of aliphatic hydroxyl groups excluding tert-OH is 1. The van der Waals surface area contributed by atoms with E-state index < -0.39 is 6.10 Å². The van der Waals surface area contributed by atoms with Crippen LogP contribution in [0.25, 0.3) is 10.9 Å². The third-order valence-corrected chi connectivity index (χ3v) is 4.19. The van der Waals surface area contributed by atoms with Crippen LogP contribution in [0.2, 0.25) is 5.02 Å². The van der Waals surface area contributed by atoms with Gasteiger partial charge in [-0.15, -0.1) is 0 Å². The molecule has 0 bridgehead atoms. The van der Waals surface area contributed by atoms with E-state index in [9.17, 15) is 9.90 Å². The van der Waals surface area contributed by atoms with Gasteiger partial charge in [-0.1, -0.05) is 48.0 Å². The zero-order valence-corrected chi connectivity index (χ0v) is 13.8. The summed E-state index contributed by atoms with van der Waals surface area (Å²) in [7, 11) is 0. The van der Waals surface area contributed by atoms with E-state index in [4.69, 9.17) is 11.6 Å². The molecule has 0 fully saturated rings. The number of rotatable bonds is 6. The molecule has 0 saturated carbocycles. The van der Waals surface area contributed by atoms with Gasteiger partial charge in [0.15, 0.2) is 0 Å². The number of aromatic nitrogens is 2. The van der Waals surface area contributed by atoms with Gasteiger partial charge in [-0.2, -0.15) is 5.10 Å². The summed E-state index contributed by atoms with van der Waals surface area (Å²) >= 11 is 6.12. The summed E-state index contributed by atoms with van der Waals surface area (Å²) in [5.74, 6) is -0.129. The summed E-state index contributed by atoms with van der Waals surface area (Å²) in [6.45, 7) is 0.644. The van der Waals surface area contributed by atoms with Crippen molar-refractivity contribution in [2.45, 2.75) is 19.1 Å². The predicted octanol–water partition coefficient (Wildman–Crippen LogP) is 2.93. The van der Waals surface area contributed by atoms with Crippen molar-refractivity contribution in [1.82, 2.24) is 15.1 Å². The van der Waals surface area contributed by atoms with Crippen molar-refractivity contribution < 1.29 is 9.90 Å². The van der Waals surface area contributed by atoms with Crippen LogP contribution in [0.5, 0.6) is 0 Å². The number of nitrogens with zero attached hydrogens (tertiary/aromatic N) is 2. The Morgan fingerprint density at radius 1 is 1.21 bits per heavy atom. The second-order valence-electron chi connectivity index (χ2n) is 5.52. The third-order valence-electron chi connectivity index (χ3n) is 3.86. The van der Waals surface area contributed by atoms with Crippen LogP contribution in [-0.2, 0) is 11.3 Å². The molecule has 24 heavy (non-hydrogen) atoms. The Balaban J connectivity index is 1.53. The SMILES string of the molecule is O=C(CCn1ncc2c(Cl)cccc21)NCC(O)c1ccccc1. The largest absolute Gasteiger partial charge is 0.387 e. The lowest BCUT2D eigenvalue weighted by atomic mass is 10.1. The molecule has 1 aromatic heterocycles. The Kier molecular flexibility index (Phi) is 5.13. The van der Waals surface area contributed by atoms with Crippen molar-refractivity contribution >= 4 is 28.4 Å². The average Bonchev–Trinajstić information content (AvgIpc) is 3.03. The quantitative estimate of drug-likeness (QED) is 0.723. The molecule has 1 unspecified atom stereocenters. The topological polar surface area (TPSA) is 67.2 Å². The Hall–Kier alpha value is -2.37. The van der Waals surface area contributed by atoms with E-state index in [2.05, 4.69) is 10.4 Å². The Bertz CT molecular complexity index is 833. The van der Waals surface area contributed by atoms with Gasteiger partial charge in [-0.3, -0.25) is 9.48 Å². The number of aryl methyl sites for hydroxylation is 1. The van der Waals surface area contributed by atoms with Gasteiger partial charge in [-0.25, -0.2) is 0 Å². The van der Waals surface area contributed by atoms with Gasteiger partial charge in [-0.05, 0) is 17.7 Å². The molecule has 6 heteroatoms. The summed E-state index contributed by atoms with van der Waals surface area (Å²) in [6, 6.07) is 14.9. The first-order valence-electron chi connectivity index (χ1n) is 7.75. The summed E-state index contributed by atoms with van der Waals surface area (Å²) in [4.78, 5) is 12.0. The van der Waals surface area contributed by atoms with Crippen LogP contribution in [0.4, 0.5) is 0 Å². The first-order valence-corrected chi connectivity index (χ1v) is 8.12. The number of aliphatic hydroxyl groups is 1. The molecule has 1 atom stereocenters. The van der Waals surface area contributed by atoms with Gasteiger partial charge in [0.05, 0.1) is 29.4 Å². The maximum Gasteiger partial charge on any atom is 0.221 e. The Morgan fingerprint density at radius 2 is 2.00 bits per heavy atom. The van der Waals surface area contributed by atoms with E-state index in [0.29, 0.717) is 11.6 Å². The molecule has 5 nitrogen and oxygen atoms in total. The van der Waals surface area contributed by atoms with Gasteiger partial charge in [0.25, 0.3) is 0 Å². The monoisotopic (exact) mass is 343 g/mol. The zero-order valence-electron chi connectivity index (χ0n) is 13.0. The number of hydrogen-bond acceptors (Lipinski definition) is 3. The molecule has 3 rings (SSSR count). The lowest BCUT2D eigenvalue weighted by Crippen LogP contribution is -2.29. The van der Waals surface area contributed by atoms with E-state index in [1.807, 2.05) is 48.5 Å². The summed E-state index contributed by atoms with van der Waals surface area (Å²) in [6.07, 6.45) is 1.28. The number of carbonyl (C=O) groups excluding carboxylic acids is 1. The fourth-order valence-electron chi connectivity index (χ4n) is 2.55. The molecule has 124 valence electrons. The van der Waals surface area contributed by atoms with Crippen molar-refractivity contribution in [2.75, 3.05) is 6.54 Å². The third kappa shape index (κ3) is 3.75. The minimum Gasteiger partial charge on any atom is -0.387 e. The summed E-state index contributed by atoms with van der Waals surface area (Å²) in [5, 5.41) is 18.6. The van der Waals surface area contributed by atoms with E-state index >= 15 is 0 Å². The minimum absolute atomic E-state index is 0.129. The predicted molar refractivity (Wildman–Crippen MR) is 93.8 cm³/mol. The highest BCUT2D eigenvalue weighted by Gasteiger charge is 2.10. The Morgan fingerprint density at radius 3 is 2.79 bits per heavy atom. The van der Waals surface area contributed by atoms with Gasteiger partial charge in [0.1, 0.15) is 0 Å². The lowest BCUT2D eigenvalue weighted by molar-refractivity contribution is -0.121. The van der Waals surface area contributed by atoms with Gasteiger partial charge in [0.2, 0.25) is 5.91 Å². The number of nitrogens with one attached hydrogen (secondary N) is 1. The summed E-state index contributed by atoms with van der Waals surface area (Å²) < 4.78 is 1.76. The number of amides is 1. The van der Waals surface area contributed by atoms with Gasteiger partial charge in [0, 0.05) is 18.4 Å². The van der Waals surface area contributed by atoms with Crippen LogP contribution in [0.15, 0.2) is 54.7 Å². The highest BCUT2D eigenvalue weighted by molar-refractivity contribution is 6.35. The zero-order chi connectivity index (χ0) is 16.9. The Labute approximate surface area is 144 Å². The molecule has 2 N–H and O–H groups in total. The number of benzene rings is 2. The van der Waals surface area contributed by atoms with E-state index in [0.717, 1.165) is 16.5 Å². The molecule has 0 aliphatic heterocycles. The first-order chi connectivity index (χ1) is 11.6. The second kappa shape index (κ2) is 7.47.